The minimum absolute atomic E-state index is 0.000202. The van der Waals surface area contributed by atoms with Crippen molar-refractivity contribution < 1.29 is 19.7 Å². The Morgan fingerprint density at radius 2 is 2.04 bits per heavy atom. The molecule has 0 aromatic rings. The van der Waals surface area contributed by atoms with Gasteiger partial charge in [0.05, 0.1) is 12.7 Å². The molecule has 4 aliphatic carbocycles. The number of rotatable bonds is 3. The Morgan fingerprint density at radius 1 is 1.33 bits per heavy atom. The summed E-state index contributed by atoms with van der Waals surface area (Å²) in [7, 11) is 0. The van der Waals surface area contributed by atoms with Crippen molar-refractivity contribution in [1.82, 2.24) is 0 Å². The summed E-state index contributed by atoms with van der Waals surface area (Å²) < 4.78 is 5.76. The van der Waals surface area contributed by atoms with Crippen molar-refractivity contribution in [3.05, 3.63) is 11.6 Å². The van der Waals surface area contributed by atoms with E-state index in [9.17, 15) is 15.0 Å². The summed E-state index contributed by atoms with van der Waals surface area (Å²) in [4.78, 5) is 11.7. The molecule has 0 spiro atoms. The molecule has 27 heavy (non-hydrogen) atoms. The van der Waals surface area contributed by atoms with Gasteiger partial charge in [-0.3, -0.25) is 4.79 Å². The van der Waals surface area contributed by atoms with Crippen molar-refractivity contribution in [3.8, 4) is 0 Å². The zero-order valence-electron chi connectivity index (χ0n) is 16.9. The summed E-state index contributed by atoms with van der Waals surface area (Å²) in [5.41, 5.74) is 1.48. The fraction of sp³-hybridized carbons (Fsp3) is 0.864. The third-order valence-corrected chi connectivity index (χ3v) is 10.1. The Morgan fingerprint density at radius 3 is 2.67 bits per heavy atom. The predicted molar refractivity (Wildman–Crippen MR) is 107 cm³/mol. The third kappa shape index (κ3) is 2.86. The van der Waals surface area contributed by atoms with Crippen molar-refractivity contribution in [2.75, 3.05) is 6.61 Å². The monoisotopic (exact) mass is 440 g/mol. The second-order valence-corrected chi connectivity index (χ2v) is 11.5. The van der Waals surface area contributed by atoms with Gasteiger partial charge in [0.25, 0.3) is 0 Å². The molecular formula is C22H33BrO4. The van der Waals surface area contributed by atoms with Crippen LogP contribution in [-0.4, -0.2) is 39.8 Å². The first-order valence-electron chi connectivity index (χ1n) is 10.4. The zero-order chi connectivity index (χ0) is 19.8. The Kier molecular flexibility index (Phi) is 4.65. The molecule has 0 bridgehead atoms. The number of hydrogen-bond donors (Lipinski definition) is 2. The number of ether oxygens (including phenoxy) is 1. The van der Waals surface area contributed by atoms with E-state index in [1.807, 2.05) is 0 Å². The summed E-state index contributed by atoms with van der Waals surface area (Å²) in [6.45, 7) is 8.50. The molecule has 0 aromatic heterocycles. The molecule has 0 aromatic carbocycles. The first-order valence-corrected chi connectivity index (χ1v) is 11.3. The van der Waals surface area contributed by atoms with Crippen LogP contribution < -0.4 is 0 Å². The number of fused-ring (bicyclic) bond motifs is 5. The van der Waals surface area contributed by atoms with Crippen molar-refractivity contribution in [1.29, 1.82) is 0 Å². The molecule has 2 N–H and O–H groups in total. The van der Waals surface area contributed by atoms with Crippen LogP contribution in [0.2, 0.25) is 0 Å². The highest BCUT2D eigenvalue weighted by Gasteiger charge is 2.70. The number of carbonyl (C=O) groups is 1. The maximum absolute atomic E-state index is 11.7. The lowest BCUT2D eigenvalue weighted by molar-refractivity contribution is -0.156. The Hall–Kier alpha value is -0.390. The molecule has 0 saturated heterocycles. The smallest absolute Gasteiger partial charge is 0.302 e. The quantitative estimate of drug-likeness (QED) is 0.397. The van der Waals surface area contributed by atoms with Gasteiger partial charge in [0.1, 0.15) is 6.10 Å². The molecule has 0 radical (unpaired) electrons. The normalized spacial score (nSPS) is 52.0. The lowest BCUT2D eigenvalue weighted by Gasteiger charge is -2.58. The van der Waals surface area contributed by atoms with E-state index < -0.39 is 0 Å². The zero-order valence-corrected chi connectivity index (χ0v) is 18.5. The van der Waals surface area contributed by atoms with Crippen LogP contribution in [0.4, 0.5) is 0 Å². The van der Waals surface area contributed by atoms with Gasteiger partial charge >= 0.3 is 5.97 Å². The molecule has 0 heterocycles. The first-order chi connectivity index (χ1) is 12.5. The standard InChI is InChI=1S/C22H33BrO4/c1-12(25)27-17-10-22(4)14-5-6-20(2,19(23)11-24)8-13(14)16(26)7-18(22)21(3)9-15(17)21/h5,13,15-19,24,26H,6-11H2,1-4H3/t13-,15+,16-,17-,18-,19+,20+,21+,22+/m1/s1. The van der Waals surface area contributed by atoms with Gasteiger partial charge in [-0.1, -0.05) is 48.4 Å². The van der Waals surface area contributed by atoms with E-state index in [0.717, 1.165) is 32.1 Å². The summed E-state index contributed by atoms with van der Waals surface area (Å²) in [5.74, 6) is 0.840. The van der Waals surface area contributed by atoms with Crippen LogP contribution in [0.15, 0.2) is 11.6 Å². The molecule has 3 saturated carbocycles. The van der Waals surface area contributed by atoms with E-state index in [-0.39, 0.29) is 51.8 Å². The van der Waals surface area contributed by atoms with Crippen LogP contribution in [0.3, 0.4) is 0 Å². The average Bonchev–Trinajstić information content (AvgIpc) is 3.29. The topological polar surface area (TPSA) is 66.8 Å². The van der Waals surface area contributed by atoms with Crippen LogP contribution in [0.1, 0.15) is 59.8 Å². The van der Waals surface area contributed by atoms with Crippen LogP contribution in [-0.2, 0) is 9.53 Å². The van der Waals surface area contributed by atoms with Crippen LogP contribution in [0.5, 0.6) is 0 Å². The van der Waals surface area contributed by atoms with Crippen LogP contribution in [0.25, 0.3) is 0 Å². The lowest BCUT2D eigenvalue weighted by atomic mass is 9.48. The molecule has 152 valence electrons. The van der Waals surface area contributed by atoms with Gasteiger partial charge in [-0.15, -0.1) is 0 Å². The van der Waals surface area contributed by atoms with Crippen molar-refractivity contribution in [2.45, 2.75) is 76.8 Å². The van der Waals surface area contributed by atoms with E-state index in [1.54, 1.807) is 0 Å². The van der Waals surface area contributed by atoms with Gasteiger partial charge in [0.15, 0.2) is 0 Å². The molecule has 4 aliphatic rings. The summed E-state index contributed by atoms with van der Waals surface area (Å²) in [5, 5.41) is 20.8. The Balaban J connectivity index is 1.69. The number of aliphatic hydroxyl groups is 2. The Bertz CT molecular complexity index is 677. The number of carbonyl (C=O) groups excluding carboxylic acids is 1. The SMILES string of the molecule is CC(=O)O[C@@H]1C[C@@]2(C)C3=CC[C@](C)([C@@H](Br)CO)C[C@H]3[C@H](O)C[C@@H]2[C@@]2(C)C[C@@H]12. The molecular weight excluding hydrogens is 408 g/mol. The Labute approximate surface area is 170 Å². The largest absolute Gasteiger partial charge is 0.462 e. The van der Waals surface area contributed by atoms with E-state index >= 15 is 0 Å². The minimum atomic E-state index is -0.323. The maximum atomic E-state index is 11.7. The van der Waals surface area contributed by atoms with E-state index in [1.165, 1.54) is 12.5 Å². The van der Waals surface area contributed by atoms with Gasteiger partial charge in [-0.05, 0) is 54.3 Å². The van der Waals surface area contributed by atoms with E-state index in [2.05, 4.69) is 42.8 Å². The molecule has 3 fully saturated rings. The maximum Gasteiger partial charge on any atom is 0.302 e. The van der Waals surface area contributed by atoms with Gasteiger partial charge in [0, 0.05) is 23.6 Å². The average molecular weight is 441 g/mol. The molecule has 5 heteroatoms. The molecule has 0 aliphatic heterocycles. The third-order valence-electron chi connectivity index (χ3n) is 8.69. The van der Waals surface area contributed by atoms with Gasteiger partial charge in [-0.2, -0.15) is 0 Å². The number of aliphatic hydroxyl groups excluding tert-OH is 2. The van der Waals surface area contributed by atoms with Crippen LogP contribution in [0, 0.1) is 34.0 Å². The fourth-order valence-corrected chi connectivity index (χ4v) is 7.43. The molecule has 4 rings (SSSR count). The van der Waals surface area contributed by atoms with Crippen molar-refractivity contribution >= 4 is 21.9 Å². The van der Waals surface area contributed by atoms with Crippen molar-refractivity contribution in [3.63, 3.8) is 0 Å². The van der Waals surface area contributed by atoms with E-state index in [4.69, 9.17) is 4.74 Å². The molecule has 4 nitrogen and oxygen atoms in total. The van der Waals surface area contributed by atoms with Crippen molar-refractivity contribution in [2.24, 2.45) is 34.0 Å². The molecule has 0 unspecified atom stereocenters. The van der Waals surface area contributed by atoms with Gasteiger partial charge in [-0.25, -0.2) is 0 Å². The van der Waals surface area contributed by atoms with Crippen LogP contribution >= 0.6 is 15.9 Å². The number of allylic oxidation sites excluding steroid dienone is 1. The lowest BCUT2D eigenvalue weighted by Crippen LogP contribution is -2.54. The number of hydrogen-bond acceptors (Lipinski definition) is 4. The summed E-state index contributed by atoms with van der Waals surface area (Å²) >= 11 is 3.66. The number of esters is 1. The summed E-state index contributed by atoms with van der Waals surface area (Å²) in [6.07, 6.45) is 6.63. The number of alkyl halides is 1. The minimum Gasteiger partial charge on any atom is -0.462 e. The first kappa shape index (κ1) is 19.9. The highest BCUT2D eigenvalue weighted by molar-refractivity contribution is 9.09. The van der Waals surface area contributed by atoms with Gasteiger partial charge < -0.3 is 14.9 Å². The molecule has 0 amide bonds. The predicted octanol–water partition coefficient (Wildman–Crippen LogP) is 3.83. The second-order valence-electron chi connectivity index (χ2n) is 10.4. The number of halogens is 1. The molecule has 9 atom stereocenters. The van der Waals surface area contributed by atoms with E-state index in [0.29, 0.717) is 11.8 Å². The summed E-state index contributed by atoms with van der Waals surface area (Å²) in [6, 6.07) is 0. The highest BCUT2D eigenvalue weighted by atomic mass is 79.9. The fourth-order valence-electron chi connectivity index (χ4n) is 7.06. The van der Waals surface area contributed by atoms with Gasteiger partial charge in [0.2, 0.25) is 0 Å². The highest BCUT2D eigenvalue weighted by Crippen LogP contribution is 2.74. The second kappa shape index (κ2) is 6.30.